The normalized spacial score (nSPS) is 10.2. The number of esters is 1. The predicted octanol–water partition coefficient (Wildman–Crippen LogP) is 3.73. The first-order chi connectivity index (χ1) is 12.7. The average molecular weight is 355 g/mol. The molecule has 0 saturated carbocycles. The first-order valence-electron chi connectivity index (χ1n) is 8.81. The highest BCUT2D eigenvalue weighted by molar-refractivity contribution is 5.94. The Kier molecular flexibility index (Phi) is 8.19. The first-order valence-corrected chi connectivity index (χ1v) is 8.81. The second-order valence-electron chi connectivity index (χ2n) is 5.94. The third-order valence-corrected chi connectivity index (χ3v) is 3.94. The Hall–Kier alpha value is -2.82. The average Bonchev–Trinajstić information content (AvgIpc) is 2.69. The van der Waals surface area contributed by atoms with Gasteiger partial charge in [0.25, 0.3) is 5.91 Å². The van der Waals surface area contributed by atoms with Crippen LogP contribution >= 0.6 is 0 Å². The van der Waals surface area contributed by atoms with Crippen molar-refractivity contribution in [2.45, 2.75) is 32.3 Å². The fourth-order valence-corrected chi connectivity index (χ4v) is 2.42. The van der Waals surface area contributed by atoms with Gasteiger partial charge < -0.3 is 14.8 Å². The van der Waals surface area contributed by atoms with Gasteiger partial charge in [-0.1, -0.05) is 36.8 Å². The molecule has 5 heteroatoms. The lowest BCUT2D eigenvalue weighted by atomic mass is 10.1. The Morgan fingerprint density at radius 1 is 0.923 bits per heavy atom. The Morgan fingerprint density at radius 2 is 1.65 bits per heavy atom. The Bertz CT molecular complexity index is 683. The van der Waals surface area contributed by atoms with Crippen LogP contribution in [0, 0.1) is 0 Å². The predicted molar refractivity (Wildman–Crippen MR) is 100 cm³/mol. The van der Waals surface area contributed by atoms with Crippen LogP contribution in [-0.4, -0.2) is 25.5 Å². The van der Waals surface area contributed by atoms with E-state index in [1.807, 2.05) is 30.3 Å². The quantitative estimate of drug-likeness (QED) is 0.521. The van der Waals surface area contributed by atoms with Gasteiger partial charge in [-0.2, -0.15) is 0 Å². The Morgan fingerprint density at radius 3 is 2.35 bits per heavy atom. The van der Waals surface area contributed by atoms with Gasteiger partial charge in [0.1, 0.15) is 12.4 Å². The monoisotopic (exact) mass is 355 g/mol. The number of carbonyl (C=O) groups excluding carboxylic acids is 2. The molecule has 0 heterocycles. The second-order valence-corrected chi connectivity index (χ2v) is 5.94. The van der Waals surface area contributed by atoms with E-state index in [1.165, 1.54) is 7.11 Å². The molecule has 0 aliphatic heterocycles. The largest absolute Gasteiger partial charge is 0.489 e. The topological polar surface area (TPSA) is 64.6 Å². The number of nitrogens with one attached hydrogen (secondary N) is 1. The fourth-order valence-electron chi connectivity index (χ4n) is 2.42. The molecule has 0 radical (unpaired) electrons. The molecule has 0 aromatic heterocycles. The number of unbranched alkanes of at least 4 members (excludes halogenated alkanes) is 2. The van der Waals surface area contributed by atoms with E-state index in [1.54, 1.807) is 24.3 Å². The maximum atomic E-state index is 12.1. The summed E-state index contributed by atoms with van der Waals surface area (Å²) in [5.41, 5.74) is 1.70. The molecule has 0 aliphatic carbocycles. The van der Waals surface area contributed by atoms with Crippen LogP contribution in [0.5, 0.6) is 5.75 Å². The third-order valence-electron chi connectivity index (χ3n) is 3.94. The van der Waals surface area contributed by atoms with Crippen LogP contribution in [0.15, 0.2) is 54.6 Å². The molecular formula is C21H25NO4. The lowest BCUT2D eigenvalue weighted by Gasteiger charge is -2.08. The summed E-state index contributed by atoms with van der Waals surface area (Å²) < 4.78 is 10.3. The van der Waals surface area contributed by atoms with Crippen LogP contribution in [0.3, 0.4) is 0 Å². The Labute approximate surface area is 154 Å². The lowest BCUT2D eigenvalue weighted by Crippen LogP contribution is -2.24. The Balaban J connectivity index is 1.67. The van der Waals surface area contributed by atoms with Crippen LogP contribution in [-0.2, 0) is 16.1 Å². The third kappa shape index (κ3) is 6.97. The summed E-state index contributed by atoms with van der Waals surface area (Å²) in [6, 6.07) is 17.0. The van der Waals surface area contributed by atoms with Crippen molar-refractivity contribution in [3.05, 3.63) is 65.7 Å². The molecule has 0 aliphatic rings. The molecule has 5 nitrogen and oxygen atoms in total. The highest BCUT2D eigenvalue weighted by Gasteiger charge is 2.05. The van der Waals surface area contributed by atoms with Gasteiger partial charge >= 0.3 is 5.97 Å². The molecule has 2 aromatic carbocycles. The van der Waals surface area contributed by atoms with Gasteiger partial charge in [0.2, 0.25) is 0 Å². The van der Waals surface area contributed by atoms with E-state index in [-0.39, 0.29) is 11.9 Å². The van der Waals surface area contributed by atoms with Gasteiger partial charge in [-0.15, -0.1) is 0 Å². The van der Waals surface area contributed by atoms with Gasteiger partial charge in [0.15, 0.2) is 0 Å². The highest BCUT2D eigenvalue weighted by Crippen LogP contribution is 2.14. The van der Waals surface area contributed by atoms with Crippen molar-refractivity contribution >= 4 is 11.9 Å². The molecule has 1 N–H and O–H groups in total. The standard InChI is InChI=1S/C21H25NO4/c1-25-20(23)10-6-3-7-15-22-21(24)18-11-13-19(14-12-18)26-16-17-8-4-2-5-9-17/h2,4-5,8-9,11-14H,3,6-7,10,15-16H2,1H3,(H,22,24). The molecule has 138 valence electrons. The van der Waals surface area contributed by atoms with E-state index in [2.05, 4.69) is 10.1 Å². The molecule has 0 atom stereocenters. The highest BCUT2D eigenvalue weighted by atomic mass is 16.5. The number of methoxy groups -OCH3 is 1. The second kappa shape index (κ2) is 10.9. The minimum atomic E-state index is -0.191. The van der Waals surface area contributed by atoms with Crippen molar-refractivity contribution in [2.75, 3.05) is 13.7 Å². The molecule has 2 rings (SSSR count). The van der Waals surface area contributed by atoms with Crippen molar-refractivity contribution in [3.8, 4) is 5.75 Å². The van der Waals surface area contributed by atoms with E-state index in [4.69, 9.17) is 4.74 Å². The number of rotatable bonds is 10. The summed E-state index contributed by atoms with van der Waals surface area (Å²) in [5, 5.41) is 2.88. The summed E-state index contributed by atoms with van der Waals surface area (Å²) >= 11 is 0. The number of ether oxygens (including phenoxy) is 2. The number of hydrogen-bond acceptors (Lipinski definition) is 4. The summed E-state index contributed by atoms with van der Waals surface area (Å²) in [4.78, 5) is 23.1. The van der Waals surface area contributed by atoms with Crippen LogP contribution in [0.4, 0.5) is 0 Å². The summed E-state index contributed by atoms with van der Waals surface area (Å²) in [5.74, 6) is 0.435. The summed E-state index contributed by atoms with van der Waals surface area (Å²) in [6.07, 6.45) is 2.91. The van der Waals surface area contributed by atoms with Gasteiger partial charge in [-0.3, -0.25) is 9.59 Å². The van der Waals surface area contributed by atoms with Crippen LogP contribution in [0.2, 0.25) is 0 Å². The van der Waals surface area contributed by atoms with Gasteiger partial charge in [-0.05, 0) is 42.7 Å². The van der Waals surface area contributed by atoms with Gasteiger partial charge in [-0.25, -0.2) is 0 Å². The molecule has 0 bridgehead atoms. The number of carbonyl (C=O) groups is 2. The zero-order valence-electron chi connectivity index (χ0n) is 15.1. The molecule has 0 fully saturated rings. The van der Waals surface area contributed by atoms with Crippen molar-refractivity contribution in [2.24, 2.45) is 0 Å². The zero-order valence-corrected chi connectivity index (χ0v) is 15.1. The molecule has 2 aromatic rings. The zero-order chi connectivity index (χ0) is 18.6. The number of benzene rings is 2. The van der Waals surface area contributed by atoms with E-state index < -0.39 is 0 Å². The molecule has 0 unspecified atom stereocenters. The van der Waals surface area contributed by atoms with Crippen LogP contribution in [0.25, 0.3) is 0 Å². The molecular weight excluding hydrogens is 330 g/mol. The van der Waals surface area contributed by atoms with Crippen molar-refractivity contribution in [1.29, 1.82) is 0 Å². The first kappa shape index (κ1) is 19.5. The van der Waals surface area contributed by atoms with Crippen LogP contribution < -0.4 is 10.1 Å². The van der Waals surface area contributed by atoms with Crippen molar-refractivity contribution in [1.82, 2.24) is 5.32 Å². The van der Waals surface area contributed by atoms with E-state index in [9.17, 15) is 9.59 Å². The number of hydrogen-bond donors (Lipinski definition) is 1. The fraction of sp³-hybridized carbons (Fsp3) is 0.333. The smallest absolute Gasteiger partial charge is 0.305 e. The molecule has 1 amide bonds. The van der Waals surface area contributed by atoms with Gasteiger partial charge in [0, 0.05) is 18.5 Å². The van der Waals surface area contributed by atoms with Crippen molar-refractivity contribution < 1.29 is 19.1 Å². The summed E-state index contributed by atoms with van der Waals surface area (Å²) in [6.45, 7) is 1.09. The molecule has 26 heavy (non-hydrogen) atoms. The van der Waals surface area contributed by atoms with Crippen molar-refractivity contribution in [3.63, 3.8) is 0 Å². The summed E-state index contributed by atoms with van der Waals surface area (Å²) in [7, 11) is 1.39. The van der Waals surface area contributed by atoms with Gasteiger partial charge in [0.05, 0.1) is 7.11 Å². The maximum Gasteiger partial charge on any atom is 0.305 e. The van der Waals surface area contributed by atoms with E-state index in [0.717, 1.165) is 30.6 Å². The lowest BCUT2D eigenvalue weighted by molar-refractivity contribution is -0.140. The van der Waals surface area contributed by atoms with Crippen LogP contribution in [0.1, 0.15) is 41.6 Å². The SMILES string of the molecule is COC(=O)CCCCCNC(=O)c1ccc(OCc2ccccc2)cc1. The molecule has 0 saturated heterocycles. The number of amides is 1. The molecule has 0 spiro atoms. The minimum Gasteiger partial charge on any atom is -0.489 e. The maximum absolute atomic E-state index is 12.1. The minimum absolute atomic E-state index is 0.104. The van der Waals surface area contributed by atoms with E-state index >= 15 is 0 Å². The van der Waals surface area contributed by atoms with E-state index in [0.29, 0.717) is 25.1 Å².